The van der Waals surface area contributed by atoms with Crippen LogP contribution in [0.3, 0.4) is 0 Å². The van der Waals surface area contributed by atoms with Crippen LogP contribution in [0.25, 0.3) is 0 Å². The molecule has 0 N–H and O–H groups in total. The molecule has 0 atom stereocenters. The summed E-state index contributed by atoms with van der Waals surface area (Å²) in [5, 5.41) is 0. The first-order chi connectivity index (χ1) is 14.0. The third-order valence-corrected chi connectivity index (χ3v) is 5.49. The second-order valence-corrected chi connectivity index (χ2v) is 7.84. The standard InChI is InChI=1S/C21H24BrN3O4/c1-29-18-6-2-16(3-7-18)4-8-19(26)23-10-12-24(13-11-23)21(28)15-25-14-17(22)5-9-20(25)27/h2-3,5-7,9,14H,4,8,10-13,15H2,1H3. The van der Waals surface area contributed by atoms with Crippen LogP contribution in [0.4, 0.5) is 0 Å². The molecule has 3 rings (SSSR count). The number of rotatable bonds is 6. The number of nitrogens with zero attached hydrogens (tertiary/aromatic N) is 3. The SMILES string of the molecule is COc1ccc(CCC(=O)N2CCN(C(=O)Cn3cc(Br)ccc3=O)CC2)cc1. The van der Waals surface area contributed by atoms with Gasteiger partial charge in [0.15, 0.2) is 0 Å². The molecule has 0 bridgehead atoms. The third-order valence-electron chi connectivity index (χ3n) is 5.02. The lowest BCUT2D eigenvalue weighted by atomic mass is 10.1. The van der Waals surface area contributed by atoms with Crippen molar-refractivity contribution in [3.05, 3.63) is 63.0 Å². The van der Waals surface area contributed by atoms with Crippen molar-refractivity contribution in [1.29, 1.82) is 0 Å². The Hall–Kier alpha value is -2.61. The number of benzene rings is 1. The summed E-state index contributed by atoms with van der Waals surface area (Å²) >= 11 is 3.31. The Bertz CT molecular complexity index is 918. The number of pyridine rings is 1. The zero-order valence-corrected chi connectivity index (χ0v) is 17.9. The summed E-state index contributed by atoms with van der Waals surface area (Å²) < 4.78 is 7.28. The molecule has 29 heavy (non-hydrogen) atoms. The number of hydrogen-bond acceptors (Lipinski definition) is 4. The van der Waals surface area contributed by atoms with Crippen LogP contribution in [-0.2, 0) is 22.6 Å². The zero-order valence-electron chi connectivity index (χ0n) is 16.3. The van der Waals surface area contributed by atoms with E-state index in [0.717, 1.165) is 15.8 Å². The number of ether oxygens (including phenoxy) is 1. The van der Waals surface area contributed by atoms with Crippen LogP contribution in [0.1, 0.15) is 12.0 Å². The van der Waals surface area contributed by atoms with E-state index in [-0.39, 0.29) is 23.9 Å². The van der Waals surface area contributed by atoms with Crippen molar-refractivity contribution in [3.63, 3.8) is 0 Å². The summed E-state index contributed by atoms with van der Waals surface area (Å²) in [5.74, 6) is 0.776. The summed E-state index contributed by atoms with van der Waals surface area (Å²) in [6.07, 6.45) is 2.72. The largest absolute Gasteiger partial charge is 0.497 e. The molecular formula is C21H24BrN3O4. The summed E-state index contributed by atoms with van der Waals surface area (Å²) in [5.41, 5.74) is 0.876. The first kappa shape index (κ1) is 21.1. The van der Waals surface area contributed by atoms with Gasteiger partial charge in [0.05, 0.1) is 7.11 Å². The van der Waals surface area contributed by atoms with Gasteiger partial charge in [-0.25, -0.2) is 0 Å². The highest BCUT2D eigenvalue weighted by Crippen LogP contribution is 2.14. The smallest absolute Gasteiger partial charge is 0.251 e. The molecule has 154 valence electrons. The van der Waals surface area contributed by atoms with E-state index >= 15 is 0 Å². The molecule has 0 radical (unpaired) electrons. The molecule has 2 amide bonds. The molecular weight excluding hydrogens is 438 g/mol. The molecule has 2 aromatic rings. The Labute approximate surface area is 178 Å². The number of hydrogen-bond donors (Lipinski definition) is 0. The van der Waals surface area contributed by atoms with Crippen LogP contribution in [0, 0.1) is 0 Å². The van der Waals surface area contributed by atoms with E-state index < -0.39 is 0 Å². The highest BCUT2D eigenvalue weighted by Gasteiger charge is 2.24. The predicted molar refractivity (Wildman–Crippen MR) is 113 cm³/mol. The number of piperazine rings is 1. The molecule has 0 unspecified atom stereocenters. The Morgan fingerprint density at radius 3 is 2.21 bits per heavy atom. The van der Waals surface area contributed by atoms with Gasteiger partial charge in [-0.15, -0.1) is 0 Å². The molecule has 8 heteroatoms. The molecule has 0 spiro atoms. The van der Waals surface area contributed by atoms with Crippen molar-refractivity contribution in [2.24, 2.45) is 0 Å². The number of amides is 2. The lowest BCUT2D eigenvalue weighted by Gasteiger charge is -2.35. The normalized spacial score (nSPS) is 14.0. The molecule has 7 nitrogen and oxygen atoms in total. The van der Waals surface area contributed by atoms with Gasteiger partial charge in [-0.05, 0) is 46.1 Å². The van der Waals surface area contributed by atoms with E-state index in [2.05, 4.69) is 15.9 Å². The molecule has 1 aromatic carbocycles. The molecule has 1 aliphatic rings. The Morgan fingerprint density at radius 2 is 1.59 bits per heavy atom. The topological polar surface area (TPSA) is 71.8 Å². The van der Waals surface area contributed by atoms with Crippen LogP contribution in [0.2, 0.25) is 0 Å². The van der Waals surface area contributed by atoms with E-state index in [9.17, 15) is 14.4 Å². The van der Waals surface area contributed by atoms with Gasteiger partial charge in [0.1, 0.15) is 12.3 Å². The van der Waals surface area contributed by atoms with Crippen molar-refractivity contribution in [1.82, 2.24) is 14.4 Å². The summed E-state index contributed by atoms with van der Waals surface area (Å²) in [4.78, 5) is 40.4. The van der Waals surface area contributed by atoms with Crippen molar-refractivity contribution in [2.45, 2.75) is 19.4 Å². The fourth-order valence-electron chi connectivity index (χ4n) is 3.28. The Balaban J connectivity index is 1.46. The van der Waals surface area contributed by atoms with Crippen molar-refractivity contribution in [2.75, 3.05) is 33.3 Å². The maximum atomic E-state index is 12.5. The maximum Gasteiger partial charge on any atom is 0.251 e. The van der Waals surface area contributed by atoms with Crippen LogP contribution >= 0.6 is 15.9 Å². The number of aromatic nitrogens is 1. The van der Waals surface area contributed by atoms with Crippen molar-refractivity contribution < 1.29 is 14.3 Å². The monoisotopic (exact) mass is 461 g/mol. The second kappa shape index (κ2) is 9.73. The average molecular weight is 462 g/mol. The van der Waals surface area contributed by atoms with Crippen molar-refractivity contribution in [3.8, 4) is 5.75 Å². The highest BCUT2D eigenvalue weighted by molar-refractivity contribution is 9.10. The number of carbonyl (C=O) groups excluding carboxylic acids is 2. The minimum Gasteiger partial charge on any atom is -0.497 e. The summed E-state index contributed by atoms with van der Waals surface area (Å²) in [6.45, 7) is 2.00. The molecule has 1 saturated heterocycles. The van der Waals surface area contributed by atoms with E-state index in [0.29, 0.717) is 39.0 Å². The first-order valence-electron chi connectivity index (χ1n) is 9.51. The quantitative estimate of drug-likeness (QED) is 0.658. The molecule has 0 aliphatic carbocycles. The fraction of sp³-hybridized carbons (Fsp3) is 0.381. The van der Waals surface area contributed by atoms with E-state index in [1.54, 1.807) is 29.2 Å². The van der Waals surface area contributed by atoms with Crippen LogP contribution in [-0.4, -0.2) is 59.5 Å². The van der Waals surface area contributed by atoms with E-state index in [4.69, 9.17) is 4.74 Å². The lowest BCUT2D eigenvalue weighted by molar-refractivity contribution is -0.139. The third kappa shape index (κ3) is 5.69. The number of halogens is 1. The van der Waals surface area contributed by atoms with Gasteiger partial charge in [0.2, 0.25) is 11.8 Å². The Kier molecular flexibility index (Phi) is 7.09. The zero-order chi connectivity index (χ0) is 20.8. The van der Waals surface area contributed by atoms with Crippen LogP contribution in [0.15, 0.2) is 51.9 Å². The van der Waals surface area contributed by atoms with Gasteiger partial charge in [-0.3, -0.25) is 14.4 Å². The van der Waals surface area contributed by atoms with Gasteiger partial charge in [0, 0.05) is 49.3 Å². The summed E-state index contributed by atoms with van der Waals surface area (Å²) in [7, 11) is 1.63. The highest BCUT2D eigenvalue weighted by atomic mass is 79.9. The number of methoxy groups -OCH3 is 1. The second-order valence-electron chi connectivity index (χ2n) is 6.92. The predicted octanol–water partition coefficient (Wildman–Crippen LogP) is 1.92. The van der Waals surface area contributed by atoms with Gasteiger partial charge in [-0.2, -0.15) is 0 Å². The first-order valence-corrected chi connectivity index (χ1v) is 10.3. The number of carbonyl (C=O) groups is 2. The van der Waals surface area contributed by atoms with E-state index in [1.165, 1.54) is 10.6 Å². The summed E-state index contributed by atoms with van der Waals surface area (Å²) in [6, 6.07) is 10.8. The lowest BCUT2D eigenvalue weighted by Crippen LogP contribution is -2.51. The molecule has 1 aromatic heterocycles. The van der Waals surface area contributed by atoms with Crippen molar-refractivity contribution >= 4 is 27.7 Å². The minimum absolute atomic E-state index is 0.00366. The maximum absolute atomic E-state index is 12.5. The van der Waals surface area contributed by atoms with Gasteiger partial charge >= 0.3 is 0 Å². The van der Waals surface area contributed by atoms with E-state index in [1.807, 2.05) is 24.3 Å². The van der Waals surface area contributed by atoms with Crippen LogP contribution in [0.5, 0.6) is 5.75 Å². The molecule has 2 heterocycles. The van der Waals surface area contributed by atoms with Gasteiger partial charge in [0.25, 0.3) is 5.56 Å². The molecule has 1 aliphatic heterocycles. The van der Waals surface area contributed by atoms with Crippen LogP contribution < -0.4 is 10.3 Å². The fourth-order valence-corrected chi connectivity index (χ4v) is 3.66. The van der Waals surface area contributed by atoms with Gasteiger partial charge < -0.3 is 19.1 Å². The molecule has 1 fully saturated rings. The molecule has 0 saturated carbocycles. The average Bonchev–Trinajstić information content (AvgIpc) is 2.75. The van der Waals surface area contributed by atoms with Gasteiger partial charge in [-0.1, -0.05) is 12.1 Å². The number of aryl methyl sites for hydroxylation is 1. The minimum atomic E-state index is -0.214. The Morgan fingerprint density at radius 1 is 0.966 bits per heavy atom.